The maximum atomic E-state index is 12.2. The summed E-state index contributed by atoms with van der Waals surface area (Å²) >= 11 is 0. The third-order valence-electron chi connectivity index (χ3n) is 4.24. The Morgan fingerprint density at radius 2 is 1.57 bits per heavy atom. The highest BCUT2D eigenvalue weighted by atomic mass is 35.7. The van der Waals surface area contributed by atoms with E-state index in [9.17, 15) is 18.0 Å². The summed E-state index contributed by atoms with van der Waals surface area (Å²) in [4.78, 5) is 29.9. The predicted molar refractivity (Wildman–Crippen MR) is 85.5 cm³/mol. The number of hydrogen-bond donors (Lipinski definition) is 0. The molecule has 2 amide bonds. The molecule has 1 aliphatic heterocycles. The van der Waals surface area contributed by atoms with Gasteiger partial charge in [-0.3, -0.25) is 14.4 Å². The summed E-state index contributed by atoms with van der Waals surface area (Å²) in [6.45, 7) is 3.55. The van der Waals surface area contributed by atoms with Gasteiger partial charge in [0.15, 0.2) is 0 Å². The number of rotatable bonds is 7. The number of fused-ring (bicyclic) bond motifs is 1. The van der Waals surface area contributed by atoms with Crippen LogP contribution in [0.4, 0.5) is 0 Å². The Labute approximate surface area is 139 Å². The standard InChI is InChI=1S/C15H18ClNO5S/c1-3-15(4-2,10-23(16,20)21)9-22-17-13(18)11-7-5-6-8-12(11)14(17)19/h5-8H,3-4,9-10H2,1-2H3. The van der Waals surface area contributed by atoms with Crippen molar-refractivity contribution in [2.24, 2.45) is 5.41 Å². The maximum absolute atomic E-state index is 12.2. The second kappa shape index (κ2) is 6.59. The van der Waals surface area contributed by atoms with Crippen molar-refractivity contribution >= 4 is 31.5 Å². The first-order valence-electron chi connectivity index (χ1n) is 7.26. The van der Waals surface area contributed by atoms with Crippen LogP contribution < -0.4 is 0 Å². The fourth-order valence-electron chi connectivity index (χ4n) is 2.55. The van der Waals surface area contributed by atoms with Crippen LogP contribution in [-0.2, 0) is 13.9 Å². The summed E-state index contributed by atoms with van der Waals surface area (Å²) in [6.07, 6.45) is 0.969. The number of carbonyl (C=O) groups excluding carboxylic acids is 2. The van der Waals surface area contributed by atoms with Crippen LogP contribution in [0.3, 0.4) is 0 Å². The average Bonchev–Trinajstić information content (AvgIpc) is 2.75. The highest BCUT2D eigenvalue weighted by Gasteiger charge is 2.39. The Balaban J connectivity index is 2.17. The number of hydroxylamine groups is 2. The van der Waals surface area contributed by atoms with E-state index >= 15 is 0 Å². The third kappa shape index (κ3) is 3.73. The van der Waals surface area contributed by atoms with E-state index in [1.807, 2.05) is 13.8 Å². The molecule has 8 heteroatoms. The first-order valence-corrected chi connectivity index (χ1v) is 9.74. The molecule has 0 bridgehead atoms. The van der Waals surface area contributed by atoms with Gasteiger partial charge < -0.3 is 0 Å². The zero-order valence-corrected chi connectivity index (χ0v) is 14.5. The van der Waals surface area contributed by atoms with Gasteiger partial charge in [-0.25, -0.2) is 8.42 Å². The van der Waals surface area contributed by atoms with Gasteiger partial charge in [-0.1, -0.05) is 26.0 Å². The molecule has 0 spiro atoms. The van der Waals surface area contributed by atoms with Gasteiger partial charge in [-0.2, -0.15) is 0 Å². The van der Waals surface area contributed by atoms with Crippen LogP contribution in [-0.4, -0.2) is 37.7 Å². The fourth-order valence-corrected chi connectivity index (χ4v) is 4.47. The summed E-state index contributed by atoms with van der Waals surface area (Å²) in [5.41, 5.74) is -0.197. The number of imide groups is 1. The number of halogens is 1. The molecule has 0 aliphatic carbocycles. The second-order valence-electron chi connectivity index (χ2n) is 5.61. The van der Waals surface area contributed by atoms with Crippen LogP contribution in [0.15, 0.2) is 24.3 Å². The number of benzene rings is 1. The zero-order chi connectivity index (χ0) is 17.3. The highest BCUT2D eigenvalue weighted by Crippen LogP contribution is 2.32. The van der Waals surface area contributed by atoms with Crippen LogP contribution in [0, 0.1) is 5.41 Å². The van der Waals surface area contributed by atoms with Gasteiger partial charge in [0, 0.05) is 16.1 Å². The molecule has 1 heterocycles. The number of amides is 2. The van der Waals surface area contributed by atoms with E-state index in [1.54, 1.807) is 24.3 Å². The Kier molecular flexibility index (Phi) is 5.13. The molecule has 126 valence electrons. The third-order valence-corrected chi connectivity index (χ3v) is 5.52. The summed E-state index contributed by atoms with van der Waals surface area (Å²) in [5, 5.41) is 0.700. The molecule has 2 rings (SSSR count). The van der Waals surface area contributed by atoms with Gasteiger partial charge in [0.05, 0.1) is 23.5 Å². The van der Waals surface area contributed by atoms with Gasteiger partial charge in [0.25, 0.3) is 11.8 Å². The largest absolute Gasteiger partial charge is 0.285 e. The molecule has 0 unspecified atom stereocenters. The van der Waals surface area contributed by atoms with Crippen molar-refractivity contribution in [3.05, 3.63) is 35.4 Å². The number of hydrogen-bond acceptors (Lipinski definition) is 5. The molecule has 0 atom stereocenters. The Hall–Kier alpha value is -1.44. The number of nitrogens with zero attached hydrogens (tertiary/aromatic N) is 1. The Morgan fingerprint density at radius 3 is 1.96 bits per heavy atom. The molecule has 0 radical (unpaired) electrons. The molecule has 0 saturated carbocycles. The van der Waals surface area contributed by atoms with Crippen molar-refractivity contribution in [3.63, 3.8) is 0 Å². The van der Waals surface area contributed by atoms with Crippen LogP contribution in [0.1, 0.15) is 47.4 Å². The van der Waals surface area contributed by atoms with Crippen molar-refractivity contribution in [1.82, 2.24) is 5.06 Å². The maximum Gasteiger partial charge on any atom is 0.285 e. The van der Waals surface area contributed by atoms with E-state index in [2.05, 4.69) is 0 Å². The SMILES string of the molecule is CCC(CC)(CON1C(=O)c2ccccc2C1=O)CS(=O)(=O)Cl. The quantitative estimate of drug-likeness (QED) is 0.552. The van der Waals surface area contributed by atoms with E-state index in [0.29, 0.717) is 17.9 Å². The van der Waals surface area contributed by atoms with Crippen LogP contribution in [0.2, 0.25) is 0 Å². The van der Waals surface area contributed by atoms with E-state index in [0.717, 1.165) is 0 Å². The van der Waals surface area contributed by atoms with E-state index < -0.39 is 26.3 Å². The molecule has 1 aliphatic rings. The van der Waals surface area contributed by atoms with Gasteiger partial charge in [-0.05, 0) is 25.0 Å². The van der Waals surface area contributed by atoms with Gasteiger partial charge in [0.2, 0.25) is 9.05 Å². The molecule has 0 saturated heterocycles. The monoisotopic (exact) mass is 359 g/mol. The smallest absolute Gasteiger partial charge is 0.266 e. The Morgan fingerprint density at radius 1 is 1.09 bits per heavy atom. The molecular weight excluding hydrogens is 342 g/mol. The minimum Gasteiger partial charge on any atom is -0.266 e. The van der Waals surface area contributed by atoms with E-state index in [1.165, 1.54) is 0 Å². The first kappa shape index (κ1) is 17.9. The van der Waals surface area contributed by atoms with Crippen molar-refractivity contribution in [2.45, 2.75) is 26.7 Å². The average molecular weight is 360 g/mol. The summed E-state index contributed by atoms with van der Waals surface area (Å²) < 4.78 is 22.9. The van der Waals surface area contributed by atoms with E-state index in [-0.39, 0.29) is 23.5 Å². The van der Waals surface area contributed by atoms with E-state index in [4.69, 9.17) is 15.5 Å². The van der Waals surface area contributed by atoms with Gasteiger partial charge >= 0.3 is 0 Å². The lowest BCUT2D eigenvalue weighted by Crippen LogP contribution is -2.38. The fraction of sp³-hybridized carbons (Fsp3) is 0.467. The lowest BCUT2D eigenvalue weighted by atomic mass is 9.85. The lowest BCUT2D eigenvalue weighted by Gasteiger charge is -2.31. The number of carbonyl (C=O) groups is 2. The zero-order valence-electron chi connectivity index (χ0n) is 12.9. The summed E-state index contributed by atoms with van der Waals surface area (Å²) in [5.74, 6) is -1.36. The minimum atomic E-state index is -3.73. The van der Waals surface area contributed by atoms with Gasteiger partial charge in [0.1, 0.15) is 0 Å². The first-order chi connectivity index (χ1) is 10.7. The van der Waals surface area contributed by atoms with Crippen LogP contribution >= 0.6 is 10.7 Å². The molecular formula is C15H18ClNO5S. The Bertz CT molecular complexity index is 692. The van der Waals surface area contributed by atoms with Crippen molar-refractivity contribution in [1.29, 1.82) is 0 Å². The molecule has 1 aromatic carbocycles. The molecule has 0 N–H and O–H groups in total. The van der Waals surface area contributed by atoms with Crippen LogP contribution in [0.25, 0.3) is 0 Å². The molecule has 0 fully saturated rings. The summed E-state index contributed by atoms with van der Waals surface area (Å²) in [7, 11) is 1.64. The van der Waals surface area contributed by atoms with Crippen molar-refractivity contribution in [3.8, 4) is 0 Å². The molecule has 6 nitrogen and oxygen atoms in total. The van der Waals surface area contributed by atoms with Gasteiger partial charge in [-0.15, -0.1) is 5.06 Å². The minimum absolute atomic E-state index is 0.0859. The van der Waals surface area contributed by atoms with Crippen molar-refractivity contribution < 1.29 is 22.8 Å². The van der Waals surface area contributed by atoms with Crippen molar-refractivity contribution in [2.75, 3.05) is 12.4 Å². The summed E-state index contributed by atoms with van der Waals surface area (Å²) in [6, 6.07) is 6.43. The molecule has 0 aromatic heterocycles. The lowest BCUT2D eigenvalue weighted by molar-refractivity contribution is -0.118. The normalized spacial score (nSPS) is 15.2. The van der Waals surface area contributed by atoms with Crippen LogP contribution in [0.5, 0.6) is 0 Å². The second-order valence-corrected chi connectivity index (χ2v) is 8.39. The molecule has 23 heavy (non-hydrogen) atoms. The predicted octanol–water partition coefficient (Wildman–Crippen LogP) is 2.59. The molecule has 1 aromatic rings. The highest BCUT2D eigenvalue weighted by molar-refractivity contribution is 8.13. The topological polar surface area (TPSA) is 80.8 Å².